The Hall–Kier alpha value is -2.08. The van der Waals surface area contributed by atoms with Crippen molar-refractivity contribution in [2.75, 3.05) is 19.6 Å². The van der Waals surface area contributed by atoms with Gasteiger partial charge in [0.1, 0.15) is 11.9 Å². The summed E-state index contributed by atoms with van der Waals surface area (Å²) in [6.07, 6.45) is 2.65. The lowest BCUT2D eigenvalue weighted by Crippen LogP contribution is -2.39. The van der Waals surface area contributed by atoms with Crippen LogP contribution in [-0.2, 0) is 6.42 Å². The molecule has 1 atom stereocenters. The molecule has 0 amide bonds. The summed E-state index contributed by atoms with van der Waals surface area (Å²) in [5.74, 6) is 1.62. The Morgan fingerprint density at radius 1 is 1.20 bits per heavy atom. The third-order valence-electron chi connectivity index (χ3n) is 3.42. The van der Waals surface area contributed by atoms with Crippen LogP contribution in [0.5, 0.6) is 5.75 Å². The van der Waals surface area contributed by atoms with Crippen molar-refractivity contribution in [2.45, 2.75) is 26.4 Å². The van der Waals surface area contributed by atoms with Crippen LogP contribution in [0.2, 0.25) is 0 Å². The fraction of sp³-hybridized carbons (Fsp3) is 0.368. The molecule has 0 aliphatic heterocycles. The monoisotopic (exact) mass is 404 g/mol. The molecule has 1 aromatic heterocycles. The molecule has 0 saturated carbocycles. The molecule has 0 fully saturated rings. The zero-order valence-corrected chi connectivity index (χ0v) is 16.3. The summed E-state index contributed by atoms with van der Waals surface area (Å²) in [5.41, 5.74) is 1.07. The molecule has 0 bridgehead atoms. The molecule has 2 rings (SSSR count). The van der Waals surface area contributed by atoms with E-state index in [4.69, 9.17) is 4.74 Å². The Balaban J connectivity index is 1.82. The molecule has 0 aliphatic rings. The Bertz CT molecular complexity index is 663. The van der Waals surface area contributed by atoms with Gasteiger partial charge in [-0.3, -0.25) is 4.98 Å². The Morgan fingerprint density at radius 2 is 2.00 bits per heavy atom. The van der Waals surface area contributed by atoms with Crippen molar-refractivity contribution in [1.29, 1.82) is 0 Å². The van der Waals surface area contributed by atoms with Crippen LogP contribution in [0.3, 0.4) is 0 Å². The molecule has 1 unspecified atom stereocenters. The number of aromatic nitrogens is 1. The van der Waals surface area contributed by atoms with E-state index in [1.54, 1.807) is 0 Å². The minimum absolute atomic E-state index is 0.0232. The van der Waals surface area contributed by atoms with Gasteiger partial charge in [0.25, 0.3) is 0 Å². The molecule has 5 nitrogen and oxygen atoms in total. The second-order valence-electron chi connectivity index (χ2n) is 5.58. The Morgan fingerprint density at radius 3 is 2.72 bits per heavy atom. The molecule has 0 saturated heterocycles. The SMILES string of the molecule is CCNC(=NCC(C)Oc1ccccc1Br)NCCc1ccccn1. The van der Waals surface area contributed by atoms with Gasteiger partial charge in [0.2, 0.25) is 0 Å². The first-order valence-electron chi connectivity index (χ1n) is 8.52. The number of nitrogens with one attached hydrogen (secondary N) is 2. The molecule has 25 heavy (non-hydrogen) atoms. The lowest BCUT2D eigenvalue weighted by atomic mass is 10.3. The van der Waals surface area contributed by atoms with Gasteiger partial charge in [0.15, 0.2) is 5.96 Å². The van der Waals surface area contributed by atoms with E-state index in [1.807, 2.05) is 55.6 Å². The van der Waals surface area contributed by atoms with Gasteiger partial charge in [-0.25, -0.2) is 4.99 Å². The van der Waals surface area contributed by atoms with Crippen molar-refractivity contribution in [3.05, 3.63) is 58.8 Å². The third-order valence-corrected chi connectivity index (χ3v) is 4.07. The van der Waals surface area contributed by atoms with Crippen LogP contribution in [0.15, 0.2) is 58.1 Å². The largest absolute Gasteiger partial charge is 0.488 e. The predicted molar refractivity (Wildman–Crippen MR) is 106 cm³/mol. The lowest BCUT2D eigenvalue weighted by Gasteiger charge is -2.16. The van der Waals surface area contributed by atoms with Gasteiger partial charge in [0, 0.05) is 31.4 Å². The number of guanidine groups is 1. The zero-order valence-electron chi connectivity index (χ0n) is 14.7. The van der Waals surface area contributed by atoms with Crippen molar-refractivity contribution in [1.82, 2.24) is 15.6 Å². The summed E-state index contributed by atoms with van der Waals surface area (Å²) in [4.78, 5) is 8.93. The smallest absolute Gasteiger partial charge is 0.191 e. The highest BCUT2D eigenvalue weighted by atomic mass is 79.9. The van der Waals surface area contributed by atoms with E-state index in [9.17, 15) is 0 Å². The Kier molecular flexibility index (Phi) is 8.25. The van der Waals surface area contributed by atoms with Crippen LogP contribution in [0.25, 0.3) is 0 Å². The first kappa shape index (κ1) is 19.2. The van der Waals surface area contributed by atoms with Gasteiger partial charge >= 0.3 is 0 Å². The fourth-order valence-corrected chi connectivity index (χ4v) is 2.59. The van der Waals surface area contributed by atoms with E-state index in [2.05, 4.69) is 43.5 Å². The first-order chi connectivity index (χ1) is 12.2. The maximum atomic E-state index is 5.93. The van der Waals surface area contributed by atoms with Crippen molar-refractivity contribution < 1.29 is 4.74 Å². The number of rotatable bonds is 8. The number of aliphatic imine (C=N–C) groups is 1. The van der Waals surface area contributed by atoms with Crippen LogP contribution in [0, 0.1) is 0 Å². The maximum Gasteiger partial charge on any atom is 0.191 e. The Labute approximate surface area is 158 Å². The standard InChI is InChI=1S/C19H25BrN4O/c1-3-21-19(23-13-11-16-8-6-7-12-22-16)24-14-15(2)25-18-10-5-4-9-17(18)20/h4-10,12,15H,3,11,13-14H2,1-2H3,(H2,21,23,24). The first-order valence-corrected chi connectivity index (χ1v) is 9.31. The minimum atomic E-state index is -0.0232. The van der Waals surface area contributed by atoms with Crippen LogP contribution < -0.4 is 15.4 Å². The van der Waals surface area contributed by atoms with Crippen LogP contribution in [0.1, 0.15) is 19.5 Å². The molecular weight excluding hydrogens is 380 g/mol. The van der Waals surface area contributed by atoms with E-state index in [-0.39, 0.29) is 6.10 Å². The number of pyridine rings is 1. The lowest BCUT2D eigenvalue weighted by molar-refractivity contribution is 0.228. The van der Waals surface area contributed by atoms with Gasteiger partial charge < -0.3 is 15.4 Å². The summed E-state index contributed by atoms with van der Waals surface area (Å²) < 4.78 is 6.88. The number of nitrogens with zero attached hydrogens (tertiary/aromatic N) is 2. The molecule has 6 heteroatoms. The van der Waals surface area contributed by atoms with Gasteiger partial charge in [-0.1, -0.05) is 18.2 Å². The average molecular weight is 405 g/mol. The topological polar surface area (TPSA) is 58.5 Å². The van der Waals surface area contributed by atoms with Crippen molar-refractivity contribution >= 4 is 21.9 Å². The highest BCUT2D eigenvalue weighted by Gasteiger charge is 2.07. The highest BCUT2D eigenvalue weighted by molar-refractivity contribution is 9.10. The summed E-state index contributed by atoms with van der Waals surface area (Å²) in [5, 5.41) is 6.59. The summed E-state index contributed by atoms with van der Waals surface area (Å²) in [6.45, 7) is 6.23. The molecule has 2 N–H and O–H groups in total. The highest BCUT2D eigenvalue weighted by Crippen LogP contribution is 2.24. The van der Waals surface area contributed by atoms with Crippen molar-refractivity contribution in [3.8, 4) is 5.75 Å². The van der Waals surface area contributed by atoms with Gasteiger partial charge in [-0.15, -0.1) is 0 Å². The number of para-hydroxylation sites is 1. The van der Waals surface area contributed by atoms with Gasteiger partial charge in [0.05, 0.1) is 11.0 Å². The van der Waals surface area contributed by atoms with Crippen molar-refractivity contribution in [3.63, 3.8) is 0 Å². The van der Waals surface area contributed by atoms with E-state index >= 15 is 0 Å². The predicted octanol–water partition coefficient (Wildman–Crippen LogP) is 3.41. The minimum Gasteiger partial charge on any atom is -0.488 e. The van der Waals surface area contributed by atoms with E-state index < -0.39 is 0 Å². The molecular formula is C19H25BrN4O. The molecule has 134 valence electrons. The maximum absolute atomic E-state index is 5.93. The van der Waals surface area contributed by atoms with Crippen LogP contribution in [-0.4, -0.2) is 36.7 Å². The molecule has 1 aromatic carbocycles. The summed E-state index contributed by atoms with van der Waals surface area (Å²) in [7, 11) is 0. The second kappa shape index (κ2) is 10.7. The van der Waals surface area contributed by atoms with E-state index in [0.29, 0.717) is 6.54 Å². The zero-order chi connectivity index (χ0) is 17.9. The number of halogens is 1. The van der Waals surface area contributed by atoms with Crippen molar-refractivity contribution in [2.24, 2.45) is 4.99 Å². The molecule has 1 heterocycles. The quantitative estimate of drug-likeness (QED) is 0.522. The summed E-state index contributed by atoms with van der Waals surface area (Å²) in [6, 6.07) is 13.8. The molecule has 0 spiro atoms. The third kappa shape index (κ3) is 7.13. The molecule has 0 radical (unpaired) electrons. The van der Waals surface area contributed by atoms with E-state index in [0.717, 1.165) is 41.4 Å². The van der Waals surface area contributed by atoms with E-state index in [1.165, 1.54) is 0 Å². The fourth-order valence-electron chi connectivity index (χ4n) is 2.21. The van der Waals surface area contributed by atoms with Crippen LogP contribution in [0.4, 0.5) is 0 Å². The van der Waals surface area contributed by atoms with Crippen LogP contribution >= 0.6 is 15.9 Å². The molecule has 2 aromatic rings. The number of hydrogen-bond donors (Lipinski definition) is 2. The normalized spacial score (nSPS) is 12.5. The number of ether oxygens (including phenoxy) is 1. The summed E-state index contributed by atoms with van der Waals surface area (Å²) >= 11 is 3.49. The molecule has 0 aliphatic carbocycles. The number of hydrogen-bond acceptors (Lipinski definition) is 3. The second-order valence-corrected chi connectivity index (χ2v) is 6.43. The van der Waals surface area contributed by atoms with Gasteiger partial charge in [-0.05, 0) is 54.0 Å². The average Bonchev–Trinajstić information content (AvgIpc) is 2.62. The van der Waals surface area contributed by atoms with Gasteiger partial charge in [-0.2, -0.15) is 0 Å². The number of benzene rings is 1.